The minimum atomic E-state index is -0.164. The number of amides is 1. The maximum atomic E-state index is 12.3. The summed E-state index contributed by atoms with van der Waals surface area (Å²) >= 11 is 0. The zero-order valence-corrected chi connectivity index (χ0v) is 14.5. The van der Waals surface area contributed by atoms with Crippen LogP contribution in [0.2, 0.25) is 0 Å². The first-order valence-electron chi connectivity index (χ1n) is 7.81. The van der Waals surface area contributed by atoms with Crippen LogP contribution in [0.1, 0.15) is 28.4 Å². The molecule has 0 heterocycles. The lowest BCUT2D eigenvalue weighted by Crippen LogP contribution is -2.22. The first-order chi connectivity index (χ1) is 11.6. The van der Waals surface area contributed by atoms with E-state index < -0.39 is 0 Å². The quantitative estimate of drug-likeness (QED) is 0.846. The van der Waals surface area contributed by atoms with Crippen LogP contribution in [0.3, 0.4) is 0 Å². The van der Waals surface area contributed by atoms with Gasteiger partial charge in [-0.2, -0.15) is 0 Å². The van der Waals surface area contributed by atoms with Crippen LogP contribution in [0.4, 0.5) is 0 Å². The second kappa shape index (κ2) is 8.24. The van der Waals surface area contributed by atoms with E-state index in [1.54, 1.807) is 32.4 Å². The molecule has 0 aromatic heterocycles. The Morgan fingerprint density at radius 1 is 1.00 bits per heavy atom. The predicted octanol–water partition coefficient (Wildman–Crippen LogP) is 3.34. The molecule has 0 fully saturated rings. The van der Waals surface area contributed by atoms with Gasteiger partial charge >= 0.3 is 0 Å². The molecule has 5 heteroatoms. The van der Waals surface area contributed by atoms with Crippen molar-refractivity contribution >= 4 is 5.91 Å². The second-order valence-electron chi connectivity index (χ2n) is 5.29. The number of ether oxygens (including phenoxy) is 3. The maximum absolute atomic E-state index is 12.3. The molecule has 0 bridgehead atoms. The highest BCUT2D eigenvalue weighted by molar-refractivity contribution is 5.94. The van der Waals surface area contributed by atoms with Gasteiger partial charge in [-0.25, -0.2) is 0 Å². The summed E-state index contributed by atoms with van der Waals surface area (Å²) in [5.74, 6) is 1.83. The SMILES string of the molecule is CCOc1ccc(CNC(=O)c2ccc(OC)c(OC)c2)cc1C. The minimum absolute atomic E-state index is 0.164. The van der Waals surface area contributed by atoms with Crippen molar-refractivity contribution in [1.82, 2.24) is 5.32 Å². The van der Waals surface area contributed by atoms with E-state index in [2.05, 4.69) is 5.32 Å². The summed E-state index contributed by atoms with van der Waals surface area (Å²) in [5, 5.41) is 2.91. The van der Waals surface area contributed by atoms with Crippen molar-refractivity contribution in [1.29, 1.82) is 0 Å². The van der Waals surface area contributed by atoms with Gasteiger partial charge in [0.15, 0.2) is 11.5 Å². The molecular weight excluding hydrogens is 306 g/mol. The number of benzene rings is 2. The van der Waals surface area contributed by atoms with E-state index in [1.165, 1.54) is 0 Å². The monoisotopic (exact) mass is 329 g/mol. The van der Waals surface area contributed by atoms with E-state index in [1.807, 2.05) is 32.0 Å². The Morgan fingerprint density at radius 2 is 1.71 bits per heavy atom. The molecule has 0 spiro atoms. The third-order valence-corrected chi connectivity index (χ3v) is 3.64. The van der Waals surface area contributed by atoms with Gasteiger partial charge in [-0.15, -0.1) is 0 Å². The Morgan fingerprint density at radius 3 is 2.33 bits per heavy atom. The molecule has 2 aromatic carbocycles. The molecule has 0 aliphatic heterocycles. The molecule has 0 aliphatic carbocycles. The Bertz CT molecular complexity index is 713. The molecular formula is C19H23NO4. The summed E-state index contributed by atoms with van der Waals surface area (Å²) in [6, 6.07) is 11.0. The summed E-state index contributed by atoms with van der Waals surface area (Å²) in [5.41, 5.74) is 2.59. The van der Waals surface area contributed by atoms with Crippen LogP contribution in [0.5, 0.6) is 17.2 Å². The van der Waals surface area contributed by atoms with Crippen molar-refractivity contribution in [3.8, 4) is 17.2 Å². The number of methoxy groups -OCH3 is 2. The first kappa shape index (κ1) is 17.7. The average molecular weight is 329 g/mol. The van der Waals surface area contributed by atoms with Crippen LogP contribution in [0.25, 0.3) is 0 Å². The fourth-order valence-electron chi connectivity index (χ4n) is 2.40. The molecule has 2 rings (SSSR count). The number of rotatable bonds is 7. The molecule has 5 nitrogen and oxygen atoms in total. The van der Waals surface area contributed by atoms with Crippen molar-refractivity contribution in [2.45, 2.75) is 20.4 Å². The molecule has 0 aliphatic rings. The highest BCUT2D eigenvalue weighted by atomic mass is 16.5. The molecule has 0 unspecified atom stereocenters. The number of hydrogen-bond acceptors (Lipinski definition) is 4. The molecule has 24 heavy (non-hydrogen) atoms. The Kier molecular flexibility index (Phi) is 6.07. The van der Waals surface area contributed by atoms with Gasteiger partial charge in [0, 0.05) is 12.1 Å². The van der Waals surface area contributed by atoms with Gasteiger partial charge < -0.3 is 19.5 Å². The van der Waals surface area contributed by atoms with Gasteiger partial charge in [-0.3, -0.25) is 4.79 Å². The van der Waals surface area contributed by atoms with Crippen molar-refractivity contribution in [2.75, 3.05) is 20.8 Å². The molecule has 128 valence electrons. The van der Waals surface area contributed by atoms with E-state index in [0.717, 1.165) is 16.9 Å². The van der Waals surface area contributed by atoms with E-state index in [9.17, 15) is 4.79 Å². The third-order valence-electron chi connectivity index (χ3n) is 3.64. The van der Waals surface area contributed by atoms with Crippen molar-refractivity contribution in [3.63, 3.8) is 0 Å². The van der Waals surface area contributed by atoms with Crippen LogP contribution >= 0.6 is 0 Å². The number of hydrogen-bond donors (Lipinski definition) is 1. The highest BCUT2D eigenvalue weighted by Gasteiger charge is 2.11. The number of aryl methyl sites for hydroxylation is 1. The third kappa shape index (κ3) is 4.19. The maximum Gasteiger partial charge on any atom is 0.251 e. The molecule has 0 saturated heterocycles. The van der Waals surface area contributed by atoms with Gasteiger partial charge in [0.05, 0.1) is 20.8 Å². The fraction of sp³-hybridized carbons (Fsp3) is 0.316. The Balaban J connectivity index is 2.04. The van der Waals surface area contributed by atoms with Crippen molar-refractivity contribution in [3.05, 3.63) is 53.1 Å². The molecule has 0 radical (unpaired) electrons. The van der Waals surface area contributed by atoms with Crippen molar-refractivity contribution < 1.29 is 19.0 Å². The number of carbonyl (C=O) groups is 1. The minimum Gasteiger partial charge on any atom is -0.494 e. The first-order valence-corrected chi connectivity index (χ1v) is 7.81. The summed E-state index contributed by atoms with van der Waals surface area (Å²) < 4.78 is 15.9. The van der Waals surface area contributed by atoms with Crippen LogP contribution in [0, 0.1) is 6.92 Å². The second-order valence-corrected chi connectivity index (χ2v) is 5.29. The van der Waals surface area contributed by atoms with E-state index >= 15 is 0 Å². The van der Waals surface area contributed by atoms with E-state index in [-0.39, 0.29) is 5.91 Å². The van der Waals surface area contributed by atoms with Gasteiger partial charge in [0.2, 0.25) is 0 Å². The molecule has 0 atom stereocenters. The largest absolute Gasteiger partial charge is 0.494 e. The number of nitrogens with one attached hydrogen (secondary N) is 1. The van der Waals surface area contributed by atoms with E-state index in [4.69, 9.17) is 14.2 Å². The molecule has 1 N–H and O–H groups in total. The molecule has 1 amide bonds. The molecule has 0 saturated carbocycles. The standard InChI is InChI=1S/C19H23NO4/c1-5-24-16-8-6-14(10-13(16)2)12-20-19(21)15-7-9-17(22-3)18(11-15)23-4/h6-11H,5,12H2,1-4H3,(H,20,21). The van der Waals surface area contributed by atoms with Gasteiger partial charge in [0.25, 0.3) is 5.91 Å². The normalized spacial score (nSPS) is 10.2. The number of carbonyl (C=O) groups excluding carboxylic acids is 1. The van der Waals surface area contributed by atoms with Crippen LogP contribution in [0.15, 0.2) is 36.4 Å². The smallest absolute Gasteiger partial charge is 0.251 e. The summed E-state index contributed by atoms with van der Waals surface area (Å²) in [6.45, 7) is 5.03. The summed E-state index contributed by atoms with van der Waals surface area (Å²) in [6.07, 6.45) is 0. The van der Waals surface area contributed by atoms with Gasteiger partial charge in [-0.05, 0) is 49.2 Å². The predicted molar refractivity (Wildman–Crippen MR) is 93.1 cm³/mol. The summed E-state index contributed by atoms with van der Waals surface area (Å²) in [7, 11) is 3.11. The fourth-order valence-corrected chi connectivity index (χ4v) is 2.40. The Hall–Kier alpha value is -2.69. The topological polar surface area (TPSA) is 56.8 Å². The van der Waals surface area contributed by atoms with Crippen LogP contribution in [-0.2, 0) is 6.54 Å². The van der Waals surface area contributed by atoms with Crippen LogP contribution < -0.4 is 19.5 Å². The lowest BCUT2D eigenvalue weighted by atomic mass is 10.1. The lowest BCUT2D eigenvalue weighted by molar-refractivity contribution is 0.0950. The van der Waals surface area contributed by atoms with Gasteiger partial charge in [-0.1, -0.05) is 12.1 Å². The molecule has 2 aromatic rings. The van der Waals surface area contributed by atoms with Crippen molar-refractivity contribution in [2.24, 2.45) is 0 Å². The lowest BCUT2D eigenvalue weighted by Gasteiger charge is -2.11. The average Bonchev–Trinajstić information content (AvgIpc) is 2.61. The highest BCUT2D eigenvalue weighted by Crippen LogP contribution is 2.27. The van der Waals surface area contributed by atoms with E-state index in [0.29, 0.717) is 30.2 Å². The Labute approximate surface area is 142 Å². The van der Waals surface area contributed by atoms with Crippen LogP contribution in [-0.4, -0.2) is 26.7 Å². The summed E-state index contributed by atoms with van der Waals surface area (Å²) in [4.78, 5) is 12.3. The van der Waals surface area contributed by atoms with Gasteiger partial charge in [0.1, 0.15) is 5.75 Å². The zero-order valence-electron chi connectivity index (χ0n) is 14.5. The zero-order chi connectivity index (χ0) is 17.5.